The number of halogens is 4. The minimum Gasteiger partial charge on any atom is -0.497 e. The summed E-state index contributed by atoms with van der Waals surface area (Å²) in [4.78, 5) is 12.6. The standard InChI is InChI=1S/C19H15ClF3NO3/c1-27-14-5-2-11(3-6-14)10-24-16-7-4-13(20)8-12(16)9-15(18(25)26)17(24)19(21,22)23/h2-9,17H,10H2,1H3,(H,25,26)/t17-/m0/s1. The largest absolute Gasteiger partial charge is 0.497 e. The quantitative estimate of drug-likeness (QED) is 0.807. The summed E-state index contributed by atoms with van der Waals surface area (Å²) in [6, 6.07) is 8.68. The number of alkyl halides is 3. The molecule has 0 amide bonds. The molecule has 0 spiro atoms. The van der Waals surface area contributed by atoms with Gasteiger partial charge in [-0.1, -0.05) is 23.7 Å². The second-order valence-electron chi connectivity index (χ2n) is 6.03. The fourth-order valence-electron chi connectivity index (χ4n) is 3.09. The third-order valence-corrected chi connectivity index (χ3v) is 4.52. The van der Waals surface area contributed by atoms with Crippen molar-refractivity contribution in [3.05, 3.63) is 64.2 Å². The van der Waals surface area contributed by atoms with Crippen LogP contribution in [0.1, 0.15) is 11.1 Å². The number of carbonyl (C=O) groups is 1. The van der Waals surface area contributed by atoms with Crippen molar-refractivity contribution < 1.29 is 27.8 Å². The molecule has 0 unspecified atom stereocenters. The number of aliphatic carboxylic acids is 1. The van der Waals surface area contributed by atoms with E-state index in [2.05, 4.69) is 0 Å². The molecule has 0 aliphatic carbocycles. The van der Waals surface area contributed by atoms with E-state index in [1.807, 2.05) is 0 Å². The Hall–Kier alpha value is -2.67. The molecule has 1 aliphatic rings. The van der Waals surface area contributed by atoms with Gasteiger partial charge in [0.25, 0.3) is 0 Å². The Balaban J connectivity index is 2.11. The Bertz CT molecular complexity index is 894. The highest BCUT2D eigenvalue weighted by Gasteiger charge is 2.50. The minimum absolute atomic E-state index is 0.132. The summed E-state index contributed by atoms with van der Waals surface area (Å²) < 4.78 is 46.5. The van der Waals surface area contributed by atoms with Crippen LogP contribution in [0.5, 0.6) is 5.75 Å². The third kappa shape index (κ3) is 3.88. The van der Waals surface area contributed by atoms with Gasteiger partial charge in [0.2, 0.25) is 0 Å². The van der Waals surface area contributed by atoms with E-state index < -0.39 is 23.8 Å². The van der Waals surface area contributed by atoms with Gasteiger partial charge < -0.3 is 14.7 Å². The second-order valence-corrected chi connectivity index (χ2v) is 6.46. The smallest absolute Gasteiger partial charge is 0.413 e. The van der Waals surface area contributed by atoms with E-state index in [0.717, 1.165) is 11.0 Å². The molecule has 2 aromatic rings. The predicted octanol–water partition coefficient (Wildman–Crippen LogP) is 4.77. The number of carboxylic acid groups (broad SMARTS) is 1. The lowest BCUT2D eigenvalue weighted by molar-refractivity contribution is -0.150. The van der Waals surface area contributed by atoms with Crippen LogP contribution < -0.4 is 9.64 Å². The first-order valence-electron chi connectivity index (χ1n) is 7.91. The van der Waals surface area contributed by atoms with Crippen LogP contribution in [0.3, 0.4) is 0 Å². The highest BCUT2D eigenvalue weighted by Crippen LogP contribution is 2.41. The number of hydrogen-bond acceptors (Lipinski definition) is 3. The molecule has 1 heterocycles. The van der Waals surface area contributed by atoms with Crippen LogP contribution in [-0.4, -0.2) is 30.4 Å². The average Bonchev–Trinajstić information content (AvgIpc) is 2.60. The van der Waals surface area contributed by atoms with Gasteiger partial charge >= 0.3 is 12.1 Å². The van der Waals surface area contributed by atoms with Crippen LogP contribution in [0, 0.1) is 0 Å². The molecule has 1 N–H and O–H groups in total. The maximum atomic E-state index is 13.8. The molecule has 0 aromatic heterocycles. The molecule has 0 bridgehead atoms. The number of nitrogens with zero attached hydrogens (tertiary/aromatic N) is 1. The van der Waals surface area contributed by atoms with Gasteiger partial charge in [0, 0.05) is 17.3 Å². The zero-order valence-electron chi connectivity index (χ0n) is 14.1. The fourth-order valence-corrected chi connectivity index (χ4v) is 3.27. The molecule has 1 aliphatic heterocycles. The Morgan fingerprint density at radius 2 is 1.89 bits per heavy atom. The van der Waals surface area contributed by atoms with Crippen molar-refractivity contribution in [2.45, 2.75) is 18.8 Å². The SMILES string of the molecule is COc1ccc(CN2c3ccc(Cl)cc3C=C(C(=O)O)[C@H]2C(F)(F)F)cc1. The van der Waals surface area contributed by atoms with E-state index >= 15 is 0 Å². The molecule has 8 heteroatoms. The first kappa shape index (κ1) is 19.1. The highest BCUT2D eigenvalue weighted by atomic mass is 35.5. The van der Waals surface area contributed by atoms with Crippen LogP contribution in [0.15, 0.2) is 48.0 Å². The maximum Gasteiger partial charge on any atom is 0.413 e. The molecule has 0 radical (unpaired) electrons. The lowest BCUT2D eigenvalue weighted by Crippen LogP contribution is -2.50. The molecule has 2 aromatic carbocycles. The van der Waals surface area contributed by atoms with Gasteiger partial charge in [-0.05, 0) is 47.5 Å². The van der Waals surface area contributed by atoms with Crippen molar-refractivity contribution in [3.63, 3.8) is 0 Å². The van der Waals surface area contributed by atoms with Crippen LogP contribution in [0.4, 0.5) is 18.9 Å². The van der Waals surface area contributed by atoms with E-state index in [0.29, 0.717) is 21.9 Å². The molecule has 0 saturated carbocycles. The van der Waals surface area contributed by atoms with Crippen LogP contribution in [0.25, 0.3) is 6.08 Å². The van der Waals surface area contributed by atoms with Crippen LogP contribution in [0.2, 0.25) is 5.02 Å². The van der Waals surface area contributed by atoms with Gasteiger partial charge in [-0.3, -0.25) is 0 Å². The summed E-state index contributed by atoms with van der Waals surface area (Å²) >= 11 is 5.94. The lowest BCUT2D eigenvalue weighted by atomic mass is 9.94. The monoisotopic (exact) mass is 397 g/mol. The summed E-state index contributed by atoms with van der Waals surface area (Å²) in [5.74, 6) is -1.05. The molecule has 4 nitrogen and oxygen atoms in total. The molecule has 27 heavy (non-hydrogen) atoms. The van der Waals surface area contributed by atoms with Crippen molar-refractivity contribution in [2.24, 2.45) is 0 Å². The molecular weight excluding hydrogens is 383 g/mol. The summed E-state index contributed by atoms with van der Waals surface area (Å²) in [7, 11) is 1.49. The number of anilines is 1. The second kappa shape index (κ2) is 7.15. The van der Waals surface area contributed by atoms with Crippen molar-refractivity contribution in [3.8, 4) is 5.75 Å². The van der Waals surface area contributed by atoms with Crippen molar-refractivity contribution in [1.82, 2.24) is 0 Å². The van der Waals surface area contributed by atoms with Crippen molar-refractivity contribution >= 4 is 29.3 Å². The van der Waals surface area contributed by atoms with Gasteiger partial charge in [-0.15, -0.1) is 0 Å². The zero-order chi connectivity index (χ0) is 19.8. The van der Waals surface area contributed by atoms with Gasteiger partial charge in [-0.25, -0.2) is 4.79 Å². The molecule has 0 saturated heterocycles. The van der Waals surface area contributed by atoms with Gasteiger partial charge in [0.1, 0.15) is 5.75 Å². The molecule has 0 fully saturated rings. The van der Waals surface area contributed by atoms with E-state index in [-0.39, 0.29) is 12.2 Å². The first-order chi connectivity index (χ1) is 12.7. The zero-order valence-corrected chi connectivity index (χ0v) is 14.9. The Kier molecular flexibility index (Phi) is 5.06. The van der Waals surface area contributed by atoms with Crippen LogP contribution >= 0.6 is 11.6 Å². The number of carboxylic acids is 1. The summed E-state index contributed by atoms with van der Waals surface area (Å²) in [5.41, 5.74) is 0.430. The van der Waals surface area contributed by atoms with Gasteiger partial charge in [0.15, 0.2) is 6.04 Å². The topological polar surface area (TPSA) is 49.8 Å². The first-order valence-corrected chi connectivity index (χ1v) is 8.29. The Morgan fingerprint density at radius 3 is 2.44 bits per heavy atom. The number of rotatable bonds is 4. The molecular formula is C19H15ClF3NO3. The van der Waals surface area contributed by atoms with E-state index in [1.165, 1.54) is 25.3 Å². The Morgan fingerprint density at radius 1 is 1.22 bits per heavy atom. The summed E-state index contributed by atoms with van der Waals surface area (Å²) in [6.07, 6.45) is -3.74. The van der Waals surface area contributed by atoms with Gasteiger partial charge in [-0.2, -0.15) is 13.2 Å². The lowest BCUT2D eigenvalue weighted by Gasteiger charge is -2.39. The van der Waals surface area contributed by atoms with E-state index in [1.54, 1.807) is 24.3 Å². The minimum atomic E-state index is -4.77. The normalized spacial score (nSPS) is 16.6. The highest BCUT2D eigenvalue weighted by molar-refractivity contribution is 6.30. The third-order valence-electron chi connectivity index (χ3n) is 4.29. The number of fused-ring (bicyclic) bond motifs is 1. The summed E-state index contributed by atoms with van der Waals surface area (Å²) in [6.45, 7) is -0.132. The number of ether oxygens (including phenoxy) is 1. The van der Waals surface area contributed by atoms with Crippen LogP contribution in [-0.2, 0) is 11.3 Å². The fraction of sp³-hybridized carbons (Fsp3) is 0.211. The number of methoxy groups -OCH3 is 1. The van der Waals surface area contributed by atoms with E-state index in [9.17, 15) is 23.1 Å². The van der Waals surface area contributed by atoms with Gasteiger partial charge in [0.05, 0.1) is 12.7 Å². The average molecular weight is 398 g/mol. The maximum absolute atomic E-state index is 13.8. The number of benzene rings is 2. The van der Waals surface area contributed by atoms with Crippen molar-refractivity contribution in [2.75, 3.05) is 12.0 Å². The summed E-state index contributed by atoms with van der Waals surface area (Å²) in [5, 5.41) is 9.68. The molecule has 3 rings (SSSR count). The predicted molar refractivity (Wildman–Crippen MR) is 96.1 cm³/mol. The molecule has 142 valence electrons. The molecule has 1 atom stereocenters. The number of hydrogen-bond donors (Lipinski definition) is 1. The van der Waals surface area contributed by atoms with E-state index in [4.69, 9.17) is 16.3 Å². The Labute approximate surface area is 158 Å². The van der Waals surface area contributed by atoms with Crippen molar-refractivity contribution in [1.29, 1.82) is 0 Å².